The first-order chi connectivity index (χ1) is 11.3. The van der Waals surface area contributed by atoms with Crippen LogP contribution in [0.1, 0.15) is 18.0 Å². The summed E-state index contributed by atoms with van der Waals surface area (Å²) in [5.41, 5.74) is 7.35. The van der Waals surface area contributed by atoms with E-state index in [4.69, 9.17) is 15.2 Å². The van der Waals surface area contributed by atoms with Crippen molar-refractivity contribution in [3.05, 3.63) is 72.3 Å². The van der Waals surface area contributed by atoms with Gasteiger partial charge in [-0.05, 0) is 17.7 Å². The molecule has 0 saturated heterocycles. The molecule has 2 N–H and O–H groups in total. The predicted octanol–water partition coefficient (Wildman–Crippen LogP) is 4.32. The number of ether oxygens (including phenoxy) is 2. The molecule has 118 valence electrons. The van der Waals surface area contributed by atoms with Gasteiger partial charge in [0.15, 0.2) is 0 Å². The number of hydrogen-bond acceptors (Lipinski definition) is 3. The van der Waals surface area contributed by atoms with Crippen molar-refractivity contribution in [3.8, 4) is 11.5 Å². The van der Waals surface area contributed by atoms with Gasteiger partial charge in [0, 0.05) is 23.2 Å². The Balaban J connectivity index is 1.70. The average Bonchev–Trinajstić information content (AvgIpc) is 2.62. The fourth-order valence-electron chi connectivity index (χ4n) is 2.71. The van der Waals surface area contributed by atoms with Crippen LogP contribution in [0.15, 0.2) is 66.7 Å². The highest BCUT2D eigenvalue weighted by Gasteiger charge is 2.09. The molecule has 0 saturated carbocycles. The number of nitrogens with two attached hydrogens (primary N) is 1. The lowest BCUT2D eigenvalue weighted by Crippen LogP contribution is -2.14. The molecule has 0 spiro atoms. The van der Waals surface area contributed by atoms with Crippen molar-refractivity contribution >= 4 is 10.8 Å². The minimum absolute atomic E-state index is 0.0132. The summed E-state index contributed by atoms with van der Waals surface area (Å²) in [6.45, 7) is 0.576. The first-order valence-electron chi connectivity index (χ1n) is 7.78. The van der Waals surface area contributed by atoms with Crippen molar-refractivity contribution in [2.75, 3.05) is 13.7 Å². The van der Waals surface area contributed by atoms with Crippen molar-refractivity contribution in [2.45, 2.75) is 12.5 Å². The molecule has 3 aromatic carbocycles. The lowest BCUT2D eigenvalue weighted by Gasteiger charge is -2.15. The summed E-state index contributed by atoms with van der Waals surface area (Å²) in [4.78, 5) is 0. The van der Waals surface area contributed by atoms with Crippen molar-refractivity contribution < 1.29 is 9.47 Å². The topological polar surface area (TPSA) is 44.5 Å². The standard InChI is InChI=1S/C20H21NO2/c1-22-19-11-12-20(17-10-6-5-9-16(17)19)23-14-13-18(21)15-7-3-2-4-8-15/h2-12,18H,13-14,21H2,1H3. The van der Waals surface area contributed by atoms with Gasteiger partial charge in [0.25, 0.3) is 0 Å². The SMILES string of the molecule is COc1ccc(OCCC(N)c2ccccc2)c2ccccc12. The van der Waals surface area contributed by atoms with Crippen LogP contribution in [0.2, 0.25) is 0 Å². The number of methoxy groups -OCH3 is 1. The predicted molar refractivity (Wildman–Crippen MR) is 94.0 cm³/mol. The van der Waals surface area contributed by atoms with E-state index in [0.717, 1.165) is 34.3 Å². The van der Waals surface area contributed by atoms with Gasteiger partial charge in [0.2, 0.25) is 0 Å². The number of benzene rings is 3. The minimum Gasteiger partial charge on any atom is -0.496 e. The van der Waals surface area contributed by atoms with E-state index < -0.39 is 0 Å². The maximum Gasteiger partial charge on any atom is 0.127 e. The van der Waals surface area contributed by atoms with Gasteiger partial charge in [-0.3, -0.25) is 0 Å². The van der Waals surface area contributed by atoms with Crippen molar-refractivity contribution in [2.24, 2.45) is 5.73 Å². The van der Waals surface area contributed by atoms with Gasteiger partial charge in [0.1, 0.15) is 11.5 Å². The van der Waals surface area contributed by atoms with Crippen LogP contribution in [0.25, 0.3) is 10.8 Å². The van der Waals surface area contributed by atoms with Gasteiger partial charge < -0.3 is 15.2 Å². The number of rotatable bonds is 6. The third kappa shape index (κ3) is 3.46. The van der Waals surface area contributed by atoms with Gasteiger partial charge >= 0.3 is 0 Å². The van der Waals surface area contributed by atoms with Gasteiger partial charge in [-0.1, -0.05) is 54.6 Å². The highest BCUT2D eigenvalue weighted by molar-refractivity contribution is 5.93. The van der Waals surface area contributed by atoms with Crippen LogP contribution >= 0.6 is 0 Å². The summed E-state index contributed by atoms with van der Waals surface area (Å²) in [7, 11) is 1.68. The molecule has 0 fully saturated rings. The fourth-order valence-corrected chi connectivity index (χ4v) is 2.71. The average molecular weight is 307 g/mol. The first kappa shape index (κ1) is 15.4. The first-order valence-corrected chi connectivity index (χ1v) is 7.78. The van der Waals surface area contributed by atoms with Gasteiger partial charge in [-0.15, -0.1) is 0 Å². The maximum atomic E-state index is 6.22. The number of fused-ring (bicyclic) bond motifs is 1. The zero-order chi connectivity index (χ0) is 16.1. The van der Waals surface area contributed by atoms with Gasteiger partial charge in [-0.25, -0.2) is 0 Å². The van der Waals surface area contributed by atoms with Crippen molar-refractivity contribution in [1.82, 2.24) is 0 Å². The van der Waals surface area contributed by atoms with E-state index in [1.54, 1.807) is 7.11 Å². The van der Waals surface area contributed by atoms with Crippen LogP contribution in [0.3, 0.4) is 0 Å². The Morgan fingerprint density at radius 3 is 2.13 bits per heavy atom. The molecule has 0 aromatic heterocycles. The molecule has 1 unspecified atom stereocenters. The molecule has 0 heterocycles. The lowest BCUT2D eigenvalue weighted by atomic mass is 10.1. The van der Waals surface area contributed by atoms with E-state index in [1.807, 2.05) is 66.7 Å². The monoisotopic (exact) mass is 307 g/mol. The molecule has 3 heteroatoms. The van der Waals surface area contributed by atoms with Gasteiger partial charge in [0.05, 0.1) is 13.7 Å². The van der Waals surface area contributed by atoms with Crippen LogP contribution in [0.4, 0.5) is 0 Å². The molecule has 23 heavy (non-hydrogen) atoms. The van der Waals surface area contributed by atoms with Crippen LogP contribution in [-0.4, -0.2) is 13.7 Å². The fraction of sp³-hybridized carbons (Fsp3) is 0.200. The van der Waals surface area contributed by atoms with E-state index in [1.165, 1.54) is 0 Å². The Hall–Kier alpha value is -2.52. The minimum atomic E-state index is -0.0132. The summed E-state index contributed by atoms with van der Waals surface area (Å²) in [5.74, 6) is 1.72. The molecule has 0 radical (unpaired) electrons. The van der Waals surface area contributed by atoms with E-state index in [-0.39, 0.29) is 6.04 Å². The van der Waals surface area contributed by atoms with Crippen LogP contribution in [0.5, 0.6) is 11.5 Å². The largest absolute Gasteiger partial charge is 0.496 e. The third-order valence-corrected chi connectivity index (χ3v) is 3.98. The maximum absolute atomic E-state index is 6.22. The second-order valence-electron chi connectivity index (χ2n) is 5.47. The smallest absolute Gasteiger partial charge is 0.127 e. The van der Waals surface area contributed by atoms with Crippen LogP contribution in [0, 0.1) is 0 Å². The summed E-state index contributed by atoms with van der Waals surface area (Å²) in [5, 5.41) is 2.11. The van der Waals surface area contributed by atoms with E-state index in [0.29, 0.717) is 6.61 Å². The molecular weight excluding hydrogens is 286 g/mol. The second kappa shape index (κ2) is 7.16. The second-order valence-corrected chi connectivity index (χ2v) is 5.47. The molecule has 0 aliphatic heterocycles. The summed E-state index contributed by atoms with van der Waals surface area (Å²) >= 11 is 0. The zero-order valence-electron chi connectivity index (χ0n) is 13.2. The molecule has 0 bridgehead atoms. The van der Waals surface area contributed by atoms with E-state index in [9.17, 15) is 0 Å². The molecule has 3 nitrogen and oxygen atoms in total. The molecular formula is C20H21NO2. The quantitative estimate of drug-likeness (QED) is 0.737. The summed E-state index contributed by atoms with van der Waals surface area (Å²) in [6, 6.07) is 22.1. The molecule has 0 amide bonds. The van der Waals surface area contributed by atoms with Crippen molar-refractivity contribution in [1.29, 1.82) is 0 Å². The molecule has 3 rings (SSSR count). The highest BCUT2D eigenvalue weighted by Crippen LogP contribution is 2.33. The van der Waals surface area contributed by atoms with Gasteiger partial charge in [-0.2, -0.15) is 0 Å². The molecule has 0 aliphatic rings. The molecule has 1 atom stereocenters. The Morgan fingerprint density at radius 2 is 1.43 bits per heavy atom. The third-order valence-electron chi connectivity index (χ3n) is 3.98. The summed E-state index contributed by atoms with van der Waals surface area (Å²) < 4.78 is 11.4. The Morgan fingerprint density at radius 1 is 0.826 bits per heavy atom. The van der Waals surface area contributed by atoms with E-state index in [2.05, 4.69) is 0 Å². The molecule has 0 aliphatic carbocycles. The van der Waals surface area contributed by atoms with Crippen molar-refractivity contribution in [3.63, 3.8) is 0 Å². The zero-order valence-corrected chi connectivity index (χ0v) is 13.2. The van der Waals surface area contributed by atoms with E-state index >= 15 is 0 Å². The summed E-state index contributed by atoms with van der Waals surface area (Å²) in [6.07, 6.45) is 0.768. The van der Waals surface area contributed by atoms with Crippen LogP contribution < -0.4 is 15.2 Å². The Kier molecular flexibility index (Phi) is 4.79. The molecule has 3 aromatic rings. The Labute approximate surface area is 136 Å². The highest BCUT2D eigenvalue weighted by atomic mass is 16.5. The number of hydrogen-bond donors (Lipinski definition) is 1. The lowest BCUT2D eigenvalue weighted by molar-refractivity contribution is 0.301. The Bertz CT molecular complexity index is 771. The normalized spacial score (nSPS) is 12.1. The van der Waals surface area contributed by atoms with Crippen LogP contribution in [-0.2, 0) is 0 Å².